The van der Waals surface area contributed by atoms with Crippen molar-refractivity contribution in [2.45, 2.75) is 6.54 Å². The molecule has 3 aromatic rings. The fourth-order valence-corrected chi connectivity index (χ4v) is 2.13. The van der Waals surface area contributed by atoms with E-state index in [2.05, 4.69) is 16.4 Å². The monoisotopic (exact) mass is 266 g/mol. The molecule has 0 unspecified atom stereocenters. The summed E-state index contributed by atoms with van der Waals surface area (Å²) in [4.78, 5) is 13.9. The Hall–Kier alpha value is -2.75. The van der Waals surface area contributed by atoms with Crippen LogP contribution in [0, 0.1) is 0 Å². The number of carbonyl (C=O) groups is 1. The van der Waals surface area contributed by atoms with Crippen LogP contribution < -0.4 is 5.32 Å². The molecule has 1 heterocycles. The third-order valence-corrected chi connectivity index (χ3v) is 3.25. The second-order valence-electron chi connectivity index (χ2n) is 4.64. The van der Waals surface area contributed by atoms with E-state index in [1.165, 1.54) is 0 Å². The largest absolute Gasteiger partial charge is 0.478 e. The molecule has 0 atom stereocenters. The molecule has 0 aliphatic carbocycles. The Morgan fingerprint density at radius 1 is 1.10 bits per heavy atom. The fourth-order valence-electron chi connectivity index (χ4n) is 2.13. The predicted molar refractivity (Wildman–Crippen MR) is 79.0 cm³/mol. The van der Waals surface area contributed by atoms with Gasteiger partial charge in [0, 0.05) is 29.3 Å². The molecule has 100 valence electrons. The van der Waals surface area contributed by atoms with Crippen LogP contribution in [-0.2, 0) is 6.54 Å². The maximum absolute atomic E-state index is 10.8. The highest BCUT2D eigenvalue weighted by atomic mass is 16.4. The van der Waals surface area contributed by atoms with Crippen molar-refractivity contribution in [3.05, 3.63) is 65.9 Å². The summed E-state index contributed by atoms with van der Waals surface area (Å²) in [5.41, 5.74) is 3.51. The zero-order chi connectivity index (χ0) is 13.9. The first kappa shape index (κ1) is 12.3. The van der Waals surface area contributed by atoms with Crippen molar-refractivity contribution in [3.8, 4) is 0 Å². The van der Waals surface area contributed by atoms with Crippen molar-refractivity contribution in [2.24, 2.45) is 0 Å². The summed E-state index contributed by atoms with van der Waals surface area (Å²) >= 11 is 0. The Kier molecular flexibility index (Phi) is 3.13. The van der Waals surface area contributed by atoms with Gasteiger partial charge in [-0.1, -0.05) is 12.1 Å². The minimum atomic E-state index is -0.901. The first-order valence-corrected chi connectivity index (χ1v) is 6.35. The summed E-state index contributed by atoms with van der Waals surface area (Å²) in [6, 6.07) is 15.1. The van der Waals surface area contributed by atoms with E-state index in [0.29, 0.717) is 12.1 Å². The van der Waals surface area contributed by atoms with Crippen LogP contribution in [0.15, 0.2) is 54.7 Å². The van der Waals surface area contributed by atoms with Crippen LogP contribution >= 0.6 is 0 Å². The number of hydrogen-bond acceptors (Lipinski definition) is 2. The van der Waals surface area contributed by atoms with Crippen LogP contribution in [0.5, 0.6) is 0 Å². The lowest BCUT2D eigenvalue weighted by atomic mass is 10.1. The van der Waals surface area contributed by atoms with Crippen molar-refractivity contribution in [2.75, 3.05) is 5.32 Å². The lowest BCUT2D eigenvalue weighted by Crippen LogP contribution is -2.01. The predicted octanol–water partition coefficient (Wildman–Crippen LogP) is 3.48. The van der Waals surface area contributed by atoms with Crippen LogP contribution in [0.1, 0.15) is 15.9 Å². The standard InChI is InChI=1S/C16H14N2O2/c19-16(20)12-3-1-11(2-4-12)10-18-14-5-6-15-13(9-14)7-8-17-15/h1-9,17-18H,10H2,(H,19,20). The lowest BCUT2D eigenvalue weighted by molar-refractivity contribution is 0.0697. The summed E-state index contributed by atoms with van der Waals surface area (Å²) in [5, 5.41) is 13.3. The molecule has 4 heteroatoms. The molecule has 4 nitrogen and oxygen atoms in total. The van der Waals surface area contributed by atoms with Crippen molar-refractivity contribution in [1.82, 2.24) is 4.98 Å². The summed E-state index contributed by atoms with van der Waals surface area (Å²) < 4.78 is 0. The molecular weight excluding hydrogens is 252 g/mol. The van der Waals surface area contributed by atoms with E-state index in [-0.39, 0.29) is 0 Å². The number of aromatic nitrogens is 1. The van der Waals surface area contributed by atoms with E-state index in [4.69, 9.17) is 5.11 Å². The number of aromatic amines is 1. The number of H-pyrrole nitrogens is 1. The third kappa shape index (κ3) is 2.49. The Morgan fingerprint density at radius 3 is 2.65 bits per heavy atom. The molecule has 0 radical (unpaired) electrons. The van der Waals surface area contributed by atoms with Crippen LogP contribution in [0.25, 0.3) is 10.9 Å². The normalized spacial score (nSPS) is 10.6. The number of fused-ring (bicyclic) bond motifs is 1. The van der Waals surface area contributed by atoms with Gasteiger partial charge in [-0.2, -0.15) is 0 Å². The van der Waals surface area contributed by atoms with Gasteiger partial charge in [0.25, 0.3) is 0 Å². The quantitative estimate of drug-likeness (QED) is 0.677. The number of nitrogens with one attached hydrogen (secondary N) is 2. The number of hydrogen-bond donors (Lipinski definition) is 3. The molecule has 0 amide bonds. The number of benzene rings is 2. The van der Waals surface area contributed by atoms with Gasteiger partial charge in [0.05, 0.1) is 5.56 Å². The molecule has 0 spiro atoms. The first-order chi connectivity index (χ1) is 9.72. The second kappa shape index (κ2) is 5.09. The van der Waals surface area contributed by atoms with E-state index in [9.17, 15) is 4.79 Å². The molecule has 0 fully saturated rings. The highest BCUT2D eigenvalue weighted by Gasteiger charge is 2.02. The lowest BCUT2D eigenvalue weighted by Gasteiger charge is -2.07. The summed E-state index contributed by atoms with van der Waals surface area (Å²) in [5.74, 6) is -0.901. The van der Waals surface area contributed by atoms with Gasteiger partial charge < -0.3 is 15.4 Å². The summed E-state index contributed by atoms with van der Waals surface area (Å²) in [6.07, 6.45) is 1.92. The average Bonchev–Trinajstić information content (AvgIpc) is 2.93. The van der Waals surface area contributed by atoms with Gasteiger partial charge in [-0.25, -0.2) is 4.79 Å². The van der Waals surface area contributed by atoms with Crippen molar-refractivity contribution >= 4 is 22.6 Å². The van der Waals surface area contributed by atoms with Crippen molar-refractivity contribution in [3.63, 3.8) is 0 Å². The number of rotatable bonds is 4. The van der Waals surface area contributed by atoms with Crippen LogP contribution in [-0.4, -0.2) is 16.1 Å². The van der Waals surface area contributed by atoms with Crippen LogP contribution in [0.2, 0.25) is 0 Å². The Bertz CT molecular complexity index is 745. The molecule has 0 saturated heterocycles. The number of anilines is 1. The molecule has 0 aliphatic rings. The Balaban J connectivity index is 1.70. The van der Waals surface area contributed by atoms with Gasteiger partial charge in [-0.05, 0) is 42.0 Å². The van der Waals surface area contributed by atoms with Gasteiger partial charge in [0.1, 0.15) is 0 Å². The van der Waals surface area contributed by atoms with E-state index in [0.717, 1.165) is 22.2 Å². The van der Waals surface area contributed by atoms with Crippen molar-refractivity contribution in [1.29, 1.82) is 0 Å². The maximum Gasteiger partial charge on any atom is 0.335 e. The summed E-state index contributed by atoms with van der Waals surface area (Å²) in [6.45, 7) is 0.663. The molecule has 3 rings (SSSR count). The molecule has 1 aromatic heterocycles. The molecule has 3 N–H and O–H groups in total. The minimum absolute atomic E-state index is 0.308. The molecule has 0 bridgehead atoms. The zero-order valence-electron chi connectivity index (χ0n) is 10.8. The molecule has 2 aromatic carbocycles. The number of carboxylic acids is 1. The molecule has 20 heavy (non-hydrogen) atoms. The SMILES string of the molecule is O=C(O)c1ccc(CNc2ccc3[nH]ccc3c2)cc1. The van der Waals surface area contributed by atoms with Gasteiger partial charge in [-0.15, -0.1) is 0 Å². The van der Waals surface area contributed by atoms with E-state index in [1.807, 2.05) is 36.5 Å². The Labute approximate surface area is 116 Å². The molecule has 0 aliphatic heterocycles. The van der Waals surface area contributed by atoms with Gasteiger partial charge in [0.2, 0.25) is 0 Å². The summed E-state index contributed by atoms with van der Waals surface area (Å²) in [7, 11) is 0. The first-order valence-electron chi connectivity index (χ1n) is 6.35. The minimum Gasteiger partial charge on any atom is -0.478 e. The topological polar surface area (TPSA) is 65.1 Å². The average molecular weight is 266 g/mol. The highest BCUT2D eigenvalue weighted by Crippen LogP contribution is 2.18. The van der Waals surface area contributed by atoms with Crippen molar-refractivity contribution < 1.29 is 9.90 Å². The number of aromatic carboxylic acids is 1. The van der Waals surface area contributed by atoms with E-state index >= 15 is 0 Å². The van der Waals surface area contributed by atoms with E-state index in [1.54, 1.807) is 12.1 Å². The van der Waals surface area contributed by atoms with Crippen LogP contribution in [0.4, 0.5) is 5.69 Å². The molecule has 0 saturated carbocycles. The third-order valence-electron chi connectivity index (χ3n) is 3.25. The second-order valence-corrected chi connectivity index (χ2v) is 4.64. The van der Waals surface area contributed by atoms with E-state index < -0.39 is 5.97 Å². The fraction of sp³-hybridized carbons (Fsp3) is 0.0625. The Morgan fingerprint density at radius 2 is 1.90 bits per heavy atom. The highest BCUT2D eigenvalue weighted by molar-refractivity contribution is 5.87. The molecular formula is C16H14N2O2. The maximum atomic E-state index is 10.8. The van der Waals surface area contributed by atoms with Gasteiger partial charge in [-0.3, -0.25) is 0 Å². The number of carboxylic acid groups (broad SMARTS) is 1. The zero-order valence-corrected chi connectivity index (χ0v) is 10.8. The van der Waals surface area contributed by atoms with Gasteiger partial charge in [0.15, 0.2) is 0 Å². The van der Waals surface area contributed by atoms with Crippen LogP contribution in [0.3, 0.4) is 0 Å². The smallest absolute Gasteiger partial charge is 0.335 e. The van der Waals surface area contributed by atoms with Gasteiger partial charge >= 0.3 is 5.97 Å².